The Balaban J connectivity index is 2.46. The number of hydrogen-bond donors (Lipinski definition) is 1. The highest BCUT2D eigenvalue weighted by Crippen LogP contribution is 2.27. The van der Waals surface area contributed by atoms with E-state index in [0.717, 1.165) is 13.1 Å². The molecule has 0 aromatic rings. The average Bonchev–Trinajstić information content (AvgIpc) is 2.54. The quantitative estimate of drug-likeness (QED) is 0.532. The zero-order chi connectivity index (χ0) is 12.0. The Hall–Kier alpha value is -0.990. The van der Waals surface area contributed by atoms with Crippen LogP contribution < -0.4 is 5.73 Å². The van der Waals surface area contributed by atoms with Gasteiger partial charge in [0, 0.05) is 6.54 Å². The number of rotatable bonds is 7. The minimum Gasteiger partial charge on any atom is -0.370 e. The minimum absolute atomic E-state index is 0.117. The maximum atomic E-state index is 5.90. The molecule has 3 nitrogen and oxygen atoms in total. The van der Waals surface area contributed by atoms with Crippen molar-refractivity contribution in [3.05, 3.63) is 12.7 Å². The predicted octanol–water partition coefficient (Wildman–Crippen LogP) is 2.53. The van der Waals surface area contributed by atoms with Gasteiger partial charge >= 0.3 is 0 Å². The minimum atomic E-state index is 0.117. The number of unbranched alkanes of at least 4 members (excludes halogenated alkanes) is 3. The van der Waals surface area contributed by atoms with E-state index in [4.69, 9.17) is 5.73 Å². The van der Waals surface area contributed by atoms with E-state index in [0.29, 0.717) is 5.96 Å². The molecule has 0 saturated carbocycles. The van der Waals surface area contributed by atoms with Crippen molar-refractivity contribution in [1.82, 2.24) is 4.90 Å². The van der Waals surface area contributed by atoms with Crippen LogP contribution in [0.5, 0.6) is 0 Å². The Morgan fingerprint density at radius 2 is 2.25 bits per heavy atom. The molecule has 0 bridgehead atoms. The SMILES string of the molecule is C=CCN1C(N)=NCC1(C)CCCCCC. The molecule has 1 aliphatic heterocycles. The van der Waals surface area contributed by atoms with Crippen LogP contribution in [0.1, 0.15) is 46.0 Å². The van der Waals surface area contributed by atoms with Crippen molar-refractivity contribution in [2.24, 2.45) is 10.7 Å². The normalized spacial score (nSPS) is 24.6. The largest absolute Gasteiger partial charge is 0.370 e. The maximum Gasteiger partial charge on any atom is 0.192 e. The third-order valence-corrected chi connectivity index (χ3v) is 3.39. The summed E-state index contributed by atoms with van der Waals surface area (Å²) in [6, 6.07) is 0. The highest BCUT2D eigenvalue weighted by atomic mass is 15.3. The van der Waals surface area contributed by atoms with Gasteiger partial charge in [-0.2, -0.15) is 0 Å². The van der Waals surface area contributed by atoms with E-state index in [1.807, 2.05) is 6.08 Å². The molecule has 1 rings (SSSR count). The molecule has 0 radical (unpaired) electrons. The summed E-state index contributed by atoms with van der Waals surface area (Å²) >= 11 is 0. The lowest BCUT2D eigenvalue weighted by molar-refractivity contribution is 0.218. The van der Waals surface area contributed by atoms with E-state index in [9.17, 15) is 0 Å². The summed E-state index contributed by atoms with van der Waals surface area (Å²) in [6.07, 6.45) is 8.26. The molecule has 0 aromatic carbocycles. The maximum absolute atomic E-state index is 5.90. The first-order valence-electron chi connectivity index (χ1n) is 6.32. The predicted molar refractivity (Wildman–Crippen MR) is 70.6 cm³/mol. The van der Waals surface area contributed by atoms with E-state index in [1.54, 1.807) is 0 Å². The van der Waals surface area contributed by atoms with Crippen molar-refractivity contribution < 1.29 is 0 Å². The van der Waals surface area contributed by atoms with Crippen LogP contribution in [0.15, 0.2) is 17.6 Å². The molecule has 0 saturated heterocycles. The summed E-state index contributed by atoms with van der Waals surface area (Å²) < 4.78 is 0. The molecule has 0 aliphatic carbocycles. The van der Waals surface area contributed by atoms with Gasteiger partial charge in [0.2, 0.25) is 0 Å². The molecular weight excluding hydrogens is 198 g/mol. The van der Waals surface area contributed by atoms with Gasteiger partial charge in [-0.1, -0.05) is 38.7 Å². The van der Waals surface area contributed by atoms with Gasteiger partial charge in [-0.15, -0.1) is 6.58 Å². The summed E-state index contributed by atoms with van der Waals surface area (Å²) in [5, 5.41) is 0. The van der Waals surface area contributed by atoms with Gasteiger partial charge in [0.25, 0.3) is 0 Å². The molecule has 0 spiro atoms. The van der Waals surface area contributed by atoms with Crippen molar-refractivity contribution in [2.75, 3.05) is 13.1 Å². The molecular formula is C13H25N3. The first kappa shape index (κ1) is 13.1. The van der Waals surface area contributed by atoms with Crippen LogP contribution in [0.25, 0.3) is 0 Å². The van der Waals surface area contributed by atoms with E-state index >= 15 is 0 Å². The van der Waals surface area contributed by atoms with E-state index < -0.39 is 0 Å². The van der Waals surface area contributed by atoms with Crippen LogP contribution in [-0.4, -0.2) is 29.5 Å². The van der Waals surface area contributed by atoms with Gasteiger partial charge in [0.15, 0.2) is 5.96 Å². The van der Waals surface area contributed by atoms with E-state index in [1.165, 1.54) is 32.1 Å². The van der Waals surface area contributed by atoms with Crippen molar-refractivity contribution in [1.29, 1.82) is 0 Å². The van der Waals surface area contributed by atoms with Crippen LogP contribution in [0.2, 0.25) is 0 Å². The second-order valence-electron chi connectivity index (χ2n) is 4.88. The zero-order valence-corrected chi connectivity index (χ0v) is 10.7. The lowest BCUT2D eigenvalue weighted by Crippen LogP contribution is -2.49. The zero-order valence-electron chi connectivity index (χ0n) is 10.7. The summed E-state index contributed by atoms with van der Waals surface area (Å²) in [4.78, 5) is 6.55. The molecule has 0 fully saturated rings. The molecule has 3 heteroatoms. The number of guanidine groups is 1. The molecule has 1 unspecified atom stereocenters. The molecule has 1 atom stereocenters. The number of aliphatic imine (C=N–C) groups is 1. The molecule has 16 heavy (non-hydrogen) atoms. The fourth-order valence-corrected chi connectivity index (χ4v) is 2.29. The monoisotopic (exact) mass is 223 g/mol. The number of nitrogens with two attached hydrogens (primary N) is 1. The average molecular weight is 223 g/mol. The van der Waals surface area contributed by atoms with Crippen LogP contribution in [0, 0.1) is 0 Å². The van der Waals surface area contributed by atoms with E-state index in [2.05, 4.69) is 30.3 Å². The smallest absolute Gasteiger partial charge is 0.192 e. The molecule has 1 heterocycles. The third-order valence-electron chi connectivity index (χ3n) is 3.39. The van der Waals surface area contributed by atoms with Gasteiger partial charge in [0.1, 0.15) is 0 Å². The van der Waals surface area contributed by atoms with E-state index in [-0.39, 0.29) is 5.54 Å². The molecule has 0 aromatic heterocycles. The fraction of sp³-hybridized carbons (Fsp3) is 0.769. The highest BCUT2D eigenvalue weighted by Gasteiger charge is 2.36. The summed E-state index contributed by atoms with van der Waals surface area (Å²) in [6.45, 7) is 9.91. The molecule has 92 valence electrons. The summed E-state index contributed by atoms with van der Waals surface area (Å²) in [7, 11) is 0. The Labute approximate surface area is 99.4 Å². The van der Waals surface area contributed by atoms with Gasteiger partial charge in [0.05, 0.1) is 12.1 Å². The van der Waals surface area contributed by atoms with Gasteiger partial charge < -0.3 is 10.6 Å². The van der Waals surface area contributed by atoms with Gasteiger partial charge in [-0.05, 0) is 13.3 Å². The Bertz CT molecular complexity index is 260. The second kappa shape index (κ2) is 5.92. The fourth-order valence-electron chi connectivity index (χ4n) is 2.29. The summed E-state index contributed by atoms with van der Waals surface area (Å²) in [5.41, 5.74) is 6.02. The van der Waals surface area contributed by atoms with Gasteiger partial charge in [-0.3, -0.25) is 4.99 Å². The van der Waals surface area contributed by atoms with Crippen molar-refractivity contribution in [3.8, 4) is 0 Å². The molecule has 0 amide bonds. The Kier molecular flexibility index (Phi) is 4.84. The van der Waals surface area contributed by atoms with Crippen LogP contribution in [0.3, 0.4) is 0 Å². The van der Waals surface area contributed by atoms with Crippen molar-refractivity contribution in [3.63, 3.8) is 0 Å². The van der Waals surface area contributed by atoms with Crippen molar-refractivity contribution in [2.45, 2.75) is 51.5 Å². The van der Waals surface area contributed by atoms with Crippen molar-refractivity contribution >= 4 is 5.96 Å². The number of hydrogen-bond acceptors (Lipinski definition) is 3. The van der Waals surface area contributed by atoms with Crippen LogP contribution in [-0.2, 0) is 0 Å². The topological polar surface area (TPSA) is 41.6 Å². The second-order valence-corrected chi connectivity index (χ2v) is 4.88. The molecule has 2 N–H and O–H groups in total. The first-order valence-corrected chi connectivity index (χ1v) is 6.32. The number of nitrogens with zero attached hydrogens (tertiary/aromatic N) is 2. The lowest BCUT2D eigenvalue weighted by atomic mass is 9.93. The Morgan fingerprint density at radius 3 is 2.88 bits per heavy atom. The highest BCUT2D eigenvalue weighted by molar-refractivity contribution is 5.81. The summed E-state index contributed by atoms with van der Waals surface area (Å²) in [5.74, 6) is 0.679. The third kappa shape index (κ3) is 3.00. The molecule has 1 aliphatic rings. The standard InChI is InChI=1S/C13H25N3/c1-4-6-7-8-9-13(3)11-15-12(14)16(13)10-5-2/h5H,2,4,6-11H2,1,3H3,(H2,14,15). The first-order chi connectivity index (χ1) is 7.64. The van der Waals surface area contributed by atoms with Gasteiger partial charge in [-0.25, -0.2) is 0 Å². The Morgan fingerprint density at radius 1 is 1.50 bits per heavy atom. The van der Waals surface area contributed by atoms with Crippen LogP contribution >= 0.6 is 0 Å². The lowest BCUT2D eigenvalue weighted by Gasteiger charge is -2.35. The van der Waals surface area contributed by atoms with Crippen LogP contribution in [0.4, 0.5) is 0 Å².